The molecule has 4 atom stereocenters. The molecule has 0 bridgehead atoms. The summed E-state index contributed by atoms with van der Waals surface area (Å²) in [5, 5.41) is 7.66. The first kappa shape index (κ1) is 29.3. The van der Waals surface area contributed by atoms with Gasteiger partial charge in [-0.1, -0.05) is 6.92 Å². The van der Waals surface area contributed by atoms with Gasteiger partial charge in [-0.15, -0.1) is 0 Å². The number of fused-ring (bicyclic) bond motifs is 1. The molecule has 1 aromatic carbocycles. The van der Waals surface area contributed by atoms with Crippen molar-refractivity contribution in [1.82, 2.24) is 24.5 Å². The van der Waals surface area contributed by atoms with Crippen LogP contribution in [0.25, 0.3) is 16.8 Å². The number of nitrogens with one attached hydrogen (secondary N) is 1. The van der Waals surface area contributed by atoms with E-state index in [1.807, 2.05) is 6.07 Å². The van der Waals surface area contributed by atoms with Crippen LogP contribution in [0.15, 0.2) is 53.8 Å². The van der Waals surface area contributed by atoms with E-state index in [1.165, 1.54) is 17.7 Å². The quantitative estimate of drug-likeness (QED) is 0.334. The molecule has 1 aliphatic rings. The number of rotatable bonds is 6. The van der Waals surface area contributed by atoms with Crippen molar-refractivity contribution < 1.29 is 26.7 Å². The van der Waals surface area contributed by atoms with E-state index in [0.717, 1.165) is 30.4 Å². The topological polar surface area (TPSA) is 145 Å². The van der Waals surface area contributed by atoms with E-state index in [2.05, 4.69) is 27.3 Å². The first-order valence-corrected chi connectivity index (χ1v) is 15.1. The summed E-state index contributed by atoms with van der Waals surface area (Å²) >= 11 is 0. The molecule has 0 saturated heterocycles. The van der Waals surface area contributed by atoms with Gasteiger partial charge < -0.3 is 20.7 Å². The van der Waals surface area contributed by atoms with Gasteiger partial charge in [0.05, 0.1) is 52.9 Å². The second kappa shape index (κ2) is 11.2. The summed E-state index contributed by atoms with van der Waals surface area (Å²) in [7, 11) is -0.778. The smallest absolute Gasteiger partial charge is 0.409 e. The second-order valence-electron chi connectivity index (χ2n) is 10.6. The van der Waals surface area contributed by atoms with Crippen LogP contribution in [0.3, 0.4) is 0 Å². The number of halogens is 2. The maximum atomic E-state index is 14.9. The van der Waals surface area contributed by atoms with Crippen molar-refractivity contribution in [3.63, 3.8) is 0 Å². The van der Waals surface area contributed by atoms with Gasteiger partial charge in [0.1, 0.15) is 11.6 Å². The summed E-state index contributed by atoms with van der Waals surface area (Å²) in [6, 6.07) is 6.02. The number of hydrogen-bond donors (Lipinski definition) is 2. The van der Waals surface area contributed by atoms with E-state index >= 15 is 0 Å². The summed E-state index contributed by atoms with van der Waals surface area (Å²) < 4.78 is 59.8. The lowest BCUT2D eigenvalue weighted by atomic mass is 9.73. The largest absolute Gasteiger partial charge is 0.453 e. The Morgan fingerprint density at radius 1 is 1.17 bits per heavy atom. The van der Waals surface area contributed by atoms with Crippen molar-refractivity contribution in [2.45, 2.75) is 42.7 Å². The van der Waals surface area contributed by atoms with Crippen molar-refractivity contribution in [3.05, 3.63) is 66.1 Å². The molecule has 1 aliphatic carbocycles. The number of nitrogens with zero attached hydrogens (tertiary/aromatic N) is 5. The molecular weight excluding hydrogens is 568 g/mol. The minimum Gasteiger partial charge on any atom is -0.453 e. The summed E-state index contributed by atoms with van der Waals surface area (Å²) in [5.74, 6) is -1.69. The Morgan fingerprint density at radius 3 is 2.52 bits per heavy atom. The second-order valence-corrected chi connectivity index (χ2v) is 12.7. The lowest BCUT2D eigenvalue weighted by Gasteiger charge is -2.43. The first-order valence-electron chi connectivity index (χ1n) is 13.2. The highest BCUT2D eigenvalue weighted by Crippen LogP contribution is 2.40. The van der Waals surface area contributed by atoms with Gasteiger partial charge in [-0.3, -0.25) is 4.98 Å². The van der Waals surface area contributed by atoms with E-state index in [4.69, 9.17) is 10.5 Å². The number of nitrogens with two attached hydrogens (primary N) is 1. The van der Waals surface area contributed by atoms with Crippen molar-refractivity contribution in [2.75, 3.05) is 25.7 Å². The van der Waals surface area contributed by atoms with E-state index in [9.17, 15) is 22.0 Å². The first-order chi connectivity index (χ1) is 19.9. The van der Waals surface area contributed by atoms with E-state index < -0.39 is 38.0 Å². The van der Waals surface area contributed by atoms with Gasteiger partial charge in [0, 0.05) is 25.5 Å². The number of carbonyl (C=O) groups is 1. The highest BCUT2D eigenvalue weighted by Gasteiger charge is 2.39. The SMILES string of the molecule is COC(=O)N(C)C1C(C)CC(c2ccncc2Nc2ncc3ccc(-c4c(F)cc(S(C)(=O)=O)cc4F)nn23)CC1N. The molecule has 4 unspecified atom stereocenters. The average Bonchev–Trinajstić information content (AvgIpc) is 3.33. The molecule has 0 aliphatic heterocycles. The average molecular weight is 600 g/mol. The number of methoxy groups -OCH3 is 1. The highest BCUT2D eigenvalue weighted by molar-refractivity contribution is 7.90. The number of hydrogen-bond acceptors (Lipinski definition) is 9. The minimum absolute atomic E-state index is 0.0437. The zero-order valence-corrected chi connectivity index (χ0v) is 24.3. The maximum absolute atomic E-state index is 14.9. The standard InChI is InChI=1S/C28H31F2N7O4S/c1-15-9-16(10-22(31)26(15)36(2)28(38)41-3)19-7-8-32-14-24(19)34-27-33-13-17-5-6-23(35-37(17)27)25-20(29)11-18(12-21(25)30)42(4,39)40/h5-8,11-16,22,26H,9-10,31H2,1-4H3,(H,33,34). The van der Waals surface area contributed by atoms with Crippen LogP contribution < -0.4 is 11.1 Å². The predicted molar refractivity (Wildman–Crippen MR) is 152 cm³/mol. The van der Waals surface area contributed by atoms with E-state index in [0.29, 0.717) is 17.6 Å². The van der Waals surface area contributed by atoms with Crippen LogP contribution in [0.2, 0.25) is 0 Å². The van der Waals surface area contributed by atoms with E-state index in [1.54, 1.807) is 36.6 Å². The lowest BCUT2D eigenvalue weighted by Crippen LogP contribution is -2.55. The lowest BCUT2D eigenvalue weighted by molar-refractivity contribution is 0.0778. The summed E-state index contributed by atoms with van der Waals surface area (Å²) in [6.07, 6.45) is 6.72. The Labute approximate surface area is 241 Å². The summed E-state index contributed by atoms with van der Waals surface area (Å²) in [4.78, 5) is 21.9. The van der Waals surface area contributed by atoms with Gasteiger partial charge in [0.25, 0.3) is 0 Å². The Balaban J connectivity index is 1.45. The molecule has 3 aromatic heterocycles. The van der Waals surface area contributed by atoms with E-state index in [-0.39, 0.29) is 35.6 Å². The van der Waals surface area contributed by atoms with Crippen molar-refractivity contribution in [3.8, 4) is 11.3 Å². The van der Waals surface area contributed by atoms with Crippen LogP contribution in [0.4, 0.5) is 25.2 Å². The van der Waals surface area contributed by atoms with Crippen molar-refractivity contribution >= 4 is 33.1 Å². The number of amides is 1. The Bertz CT molecular complexity index is 1730. The number of sulfone groups is 1. The molecule has 1 amide bonds. The molecule has 14 heteroatoms. The summed E-state index contributed by atoms with van der Waals surface area (Å²) in [6.45, 7) is 2.05. The van der Waals surface area contributed by atoms with Crippen LogP contribution in [-0.2, 0) is 14.6 Å². The molecule has 4 aromatic rings. The van der Waals surface area contributed by atoms with Gasteiger partial charge in [-0.25, -0.2) is 27.0 Å². The van der Waals surface area contributed by atoms with Crippen LogP contribution in [0.1, 0.15) is 31.2 Å². The predicted octanol–water partition coefficient (Wildman–Crippen LogP) is 4.12. The molecule has 1 fully saturated rings. The van der Waals surface area contributed by atoms with Gasteiger partial charge in [0.15, 0.2) is 9.84 Å². The van der Waals surface area contributed by atoms with Crippen molar-refractivity contribution in [2.24, 2.45) is 11.7 Å². The summed E-state index contributed by atoms with van der Waals surface area (Å²) in [5.41, 5.74) is 8.25. The third-order valence-corrected chi connectivity index (χ3v) is 8.86. The highest BCUT2D eigenvalue weighted by atomic mass is 32.2. The monoisotopic (exact) mass is 599 g/mol. The number of benzene rings is 1. The molecule has 5 rings (SSSR count). The molecule has 42 heavy (non-hydrogen) atoms. The number of carbonyl (C=O) groups excluding carboxylic acids is 1. The third-order valence-electron chi connectivity index (χ3n) is 7.77. The van der Waals surface area contributed by atoms with Gasteiger partial charge in [-0.05, 0) is 60.6 Å². The Kier molecular flexibility index (Phi) is 7.86. The fourth-order valence-electron chi connectivity index (χ4n) is 5.86. The number of pyridine rings is 1. The number of anilines is 2. The van der Waals surface area contributed by atoms with Crippen LogP contribution >= 0.6 is 0 Å². The molecule has 0 radical (unpaired) electrons. The number of imidazole rings is 1. The fourth-order valence-corrected chi connectivity index (χ4v) is 6.49. The van der Waals surface area contributed by atoms with Crippen LogP contribution in [0, 0.1) is 17.6 Å². The maximum Gasteiger partial charge on any atom is 0.409 e. The van der Waals surface area contributed by atoms with Gasteiger partial charge in [0.2, 0.25) is 5.95 Å². The molecule has 1 saturated carbocycles. The number of likely N-dealkylation sites (N-methyl/N-ethyl adjacent to an activating group) is 1. The molecule has 3 N–H and O–H groups in total. The number of ether oxygens (including phenoxy) is 1. The van der Waals surface area contributed by atoms with Crippen LogP contribution in [-0.4, -0.2) is 71.5 Å². The van der Waals surface area contributed by atoms with Gasteiger partial charge in [-0.2, -0.15) is 9.61 Å². The zero-order valence-electron chi connectivity index (χ0n) is 23.5. The fraction of sp³-hybridized carbons (Fsp3) is 0.357. The zero-order chi connectivity index (χ0) is 30.3. The Morgan fingerprint density at radius 2 is 1.88 bits per heavy atom. The molecule has 11 nitrogen and oxygen atoms in total. The molecule has 222 valence electrons. The Hall–Kier alpha value is -4.17. The molecule has 0 spiro atoms. The minimum atomic E-state index is -3.81. The van der Waals surface area contributed by atoms with Crippen molar-refractivity contribution in [1.29, 1.82) is 0 Å². The van der Waals surface area contributed by atoms with Crippen LogP contribution in [0.5, 0.6) is 0 Å². The third kappa shape index (κ3) is 5.51. The van der Waals surface area contributed by atoms with Gasteiger partial charge >= 0.3 is 6.09 Å². The number of aromatic nitrogens is 4. The molecule has 3 heterocycles. The molecular formula is C28H31F2N7O4S. The normalized spacial score (nSPS) is 20.8.